The summed E-state index contributed by atoms with van der Waals surface area (Å²) in [6, 6.07) is 10.3. The van der Waals surface area contributed by atoms with E-state index in [9.17, 15) is 4.21 Å². The molecule has 7 heteroatoms. The summed E-state index contributed by atoms with van der Waals surface area (Å²) in [7, 11) is -0.621. The molecular formula is C13H17N5OS. The summed E-state index contributed by atoms with van der Waals surface area (Å²) in [6.45, 7) is 0.624. The molecule has 0 bridgehead atoms. The molecule has 1 aromatic heterocycles. The number of hydrogen-bond donors (Lipinski definition) is 1. The molecule has 1 fully saturated rings. The maximum absolute atomic E-state index is 11.3. The van der Waals surface area contributed by atoms with Crippen molar-refractivity contribution in [3.05, 3.63) is 36.2 Å². The number of nitrogens with one attached hydrogen (secondary N) is 1. The predicted octanol–water partition coefficient (Wildman–Crippen LogP) is 0.663. The molecule has 0 aliphatic carbocycles. The van der Waals surface area contributed by atoms with Crippen molar-refractivity contribution in [1.29, 1.82) is 0 Å². The van der Waals surface area contributed by atoms with E-state index < -0.39 is 10.8 Å². The van der Waals surface area contributed by atoms with Gasteiger partial charge in [0.25, 0.3) is 0 Å². The monoisotopic (exact) mass is 291 g/mol. The molecule has 0 atom stereocenters. The fourth-order valence-electron chi connectivity index (χ4n) is 2.32. The highest BCUT2D eigenvalue weighted by Gasteiger charge is 2.18. The second-order valence-electron chi connectivity index (χ2n) is 4.85. The zero-order valence-corrected chi connectivity index (χ0v) is 11.9. The number of rotatable bonds is 4. The van der Waals surface area contributed by atoms with Gasteiger partial charge in [0.15, 0.2) is 5.82 Å². The van der Waals surface area contributed by atoms with Crippen LogP contribution < -0.4 is 5.32 Å². The number of tetrazole rings is 1. The predicted molar refractivity (Wildman–Crippen MR) is 76.9 cm³/mol. The van der Waals surface area contributed by atoms with Crippen molar-refractivity contribution < 1.29 is 4.21 Å². The maximum atomic E-state index is 11.3. The Morgan fingerprint density at radius 1 is 1.25 bits per heavy atom. The van der Waals surface area contributed by atoms with Gasteiger partial charge in [-0.15, -0.1) is 5.10 Å². The highest BCUT2D eigenvalue weighted by atomic mass is 32.2. The molecule has 6 nitrogen and oxygen atoms in total. The van der Waals surface area contributed by atoms with Gasteiger partial charge >= 0.3 is 0 Å². The molecule has 1 saturated heterocycles. The SMILES string of the molecule is O=S1CCC(NCc2nnnn2-c2ccccc2)CC1. The van der Waals surface area contributed by atoms with E-state index in [1.54, 1.807) is 4.68 Å². The Morgan fingerprint density at radius 3 is 2.75 bits per heavy atom. The summed E-state index contributed by atoms with van der Waals surface area (Å²) in [5, 5.41) is 15.3. The molecule has 0 unspecified atom stereocenters. The number of benzene rings is 1. The van der Waals surface area contributed by atoms with Crippen molar-refractivity contribution in [2.45, 2.75) is 25.4 Å². The third-order valence-electron chi connectivity index (χ3n) is 3.47. The Morgan fingerprint density at radius 2 is 2.00 bits per heavy atom. The van der Waals surface area contributed by atoms with Crippen LogP contribution in [0.5, 0.6) is 0 Å². The molecule has 2 aromatic rings. The van der Waals surface area contributed by atoms with Gasteiger partial charge in [0, 0.05) is 28.3 Å². The minimum Gasteiger partial charge on any atom is -0.307 e. The minimum atomic E-state index is -0.621. The van der Waals surface area contributed by atoms with Gasteiger partial charge in [0.05, 0.1) is 12.2 Å². The van der Waals surface area contributed by atoms with Gasteiger partial charge in [-0.2, -0.15) is 4.68 Å². The largest absolute Gasteiger partial charge is 0.307 e. The standard InChI is InChI=1S/C13H17N5OS/c19-20-8-6-11(7-9-20)14-10-13-15-16-17-18(13)12-4-2-1-3-5-12/h1-5,11,14H,6-10H2. The van der Waals surface area contributed by atoms with E-state index in [4.69, 9.17) is 0 Å². The summed E-state index contributed by atoms with van der Waals surface area (Å²) >= 11 is 0. The second kappa shape index (κ2) is 6.23. The van der Waals surface area contributed by atoms with E-state index in [0.717, 1.165) is 35.9 Å². The average Bonchev–Trinajstić information content (AvgIpc) is 2.96. The van der Waals surface area contributed by atoms with E-state index in [1.807, 2.05) is 30.3 Å². The van der Waals surface area contributed by atoms with Gasteiger partial charge in [-0.05, 0) is 35.4 Å². The molecule has 0 radical (unpaired) electrons. The molecule has 0 spiro atoms. The van der Waals surface area contributed by atoms with Crippen molar-refractivity contribution >= 4 is 10.8 Å². The van der Waals surface area contributed by atoms with Gasteiger partial charge in [-0.1, -0.05) is 18.2 Å². The summed E-state index contributed by atoms with van der Waals surface area (Å²) in [4.78, 5) is 0. The van der Waals surface area contributed by atoms with Gasteiger partial charge in [-0.3, -0.25) is 4.21 Å². The molecule has 1 aliphatic heterocycles. The summed E-state index contributed by atoms with van der Waals surface area (Å²) in [5.74, 6) is 2.38. The first-order valence-corrected chi connectivity index (χ1v) is 8.23. The molecule has 3 rings (SSSR count). The van der Waals surface area contributed by atoms with Gasteiger partial charge in [0.1, 0.15) is 0 Å². The van der Waals surface area contributed by atoms with Crippen molar-refractivity contribution in [2.75, 3.05) is 11.5 Å². The molecule has 1 aromatic carbocycles. The van der Waals surface area contributed by atoms with Crippen LogP contribution in [0.2, 0.25) is 0 Å². The van der Waals surface area contributed by atoms with Crippen molar-refractivity contribution in [1.82, 2.24) is 25.5 Å². The summed E-state index contributed by atoms with van der Waals surface area (Å²) in [6.07, 6.45) is 1.92. The topological polar surface area (TPSA) is 72.7 Å². The molecule has 1 aliphatic rings. The number of para-hydroxylation sites is 1. The Bertz CT molecular complexity index is 575. The van der Waals surface area contributed by atoms with Crippen LogP contribution in [0, 0.1) is 0 Å². The van der Waals surface area contributed by atoms with Crippen LogP contribution in [0.4, 0.5) is 0 Å². The van der Waals surface area contributed by atoms with Crippen LogP contribution in [-0.4, -0.2) is 42.0 Å². The van der Waals surface area contributed by atoms with Crippen LogP contribution >= 0.6 is 0 Å². The van der Waals surface area contributed by atoms with Crippen molar-refractivity contribution in [2.24, 2.45) is 0 Å². The lowest BCUT2D eigenvalue weighted by Crippen LogP contribution is -2.35. The normalized spacial score (nSPS) is 22.8. The summed E-state index contributed by atoms with van der Waals surface area (Å²) < 4.78 is 13.1. The zero-order chi connectivity index (χ0) is 13.8. The number of nitrogens with zero attached hydrogens (tertiary/aromatic N) is 4. The fourth-order valence-corrected chi connectivity index (χ4v) is 3.62. The third kappa shape index (κ3) is 3.10. The van der Waals surface area contributed by atoms with Crippen LogP contribution in [0.25, 0.3) is 5.69 Å². The van der Waals surface area contributed by atoms with Gasteiger partial charge in [0.2, 0.25) is 0 Å². The number of aromatic nitrogens is 4. The molecule has 0 amide bonds. The Balaban J connectivity index is 1.64. The van der Waals surface area contributed by atoms with Gasteiger partial charge in [-0.25, -0.2) is 0 Å². The summed E-state index contributed by atoms with van der Waals surface area (Å²) in [5.41, 5.74) is 0.957. The Labute approximate surface area is 120 Å². The van der Waals surface area contributed by atoms with Crippen molar-refractivity contribution in [3.63, 3.8) is 0 Å². The van der Waals surface area contributed by atoms with Crippen LogP contribution in [-0.2, 0) is 17.3 Å². The van der Waals surface area contributed by atoms with Gasteiger partial charge < -0.3 is 5.32 Å². The molecule has 2 heterocycles. The first-order chi connectivity index (χ1) is 9.83. The third-order valence-corrected chi connectivity index (χ3v) is 4.85. The maximum Gasteiger partial charge on any atom is 0.170 e. The van der Waals surface area contributed by atoms with E-state index in [1.165, 1.54) is 0 Å². The second-order valence-corrected chi connectivity index (χ2v) is 6.54. The van der Waals surface area contributed by atoms with Crippen LogP contribution in [0.1, 0.15) is 18.7 Å². The van der Waals surface area contributed by atoms with Crippen LogP contribution in [0.3, 0.4) is 0 Å². The van der Waals surface area contributed by atoms with Crippen LogP contribution in [0.15, 0.2) is 30.3 Å². The molecule has 0 saturated carbocycles. The lowest BCUT2D eigenvalue weighted by molar-refractivity contribution is 0.464. The molecule has 106 valence electrons. The molecule has 1 N–H and O–H groups in total. The van der Waals surface area contributed by atoms with Crippen molar-refractivity contribution in [3.8, 4) is 5.69 Å². The van der Waals surface area contributed by atoms with E-state index >= 15 is 0 Å². The first kappa shape index (κ1) is 13.4. The highest BCUT2D eigenvalue weighted by Crippen LogP contribution is 2.11. The fraction of sp³-hybridized carbons (Fsp3) is 0.462. The molecule has 20 heavy (non-hydrogen) atoms. The smallest absolute Gasteiger partial charge is 0.170 e. The minimum absolute atomic E-state index is 0.411. The lowest BCUT2D eigenvalue weighted by Gasteiger charge is -2.22. The Kier molecular flexibility index (Phi) is 4.17. The highest BCUT2D eigenvalue weighted by molar-refractivity contribution is 7.85. The molecular weight excluding hydrogens is 274 g/mol. The number of hydrogen-bond acceptors (Lipinski definition) is 5. The van der Waals surface area contributed by atoms with E-state index in [0.29, 0.717) is 12.6 Å². The van der Waals surface area contributed by atoms with E-state index in [-0.39, 0.29) is 0 Å². The van der Waals surface area contributed by atoms with E-state index in [2.05, 4.69) is 20.8 Å². The quantitative estimate of drug-likeness (QED) is 0.896. The first-order valence-electron chi connectivity index (χ1n) is 6.74. The average molecular weight is 291 g/mol. The lowest BCUT2D eigenvalue weighted by atomic mass is 10.1. The Hall–Kier alpha value is -1.60. The zero-order valence-electron chi connectivity index (χ0n) is 11.1.